The molecule has 0 bridgehead atoms. The molecule has 1 aliphatic heterocycles. The second-order valence-electron chi connectivity index (χ2n) is 10.2. The van der Waals surface area contributed by atoms with Crippen molar-refractivity contribution in [3.63, 3.8) is 0 Å². The first-order valence-corrected chi connectivity index (χ1v) is 12.0. The molecule has 7 nitrogen and oxygen atoms in total. The molecule has 2 heterocycles. The molecule has 2 aromatic carbocycles. The minimum absolute atomic E-state index is 0.0640. The lowest BCUT2D eigenvalue weighted by Crippen LogP contribution is -2.47. The Morgan fingerprint density at radius 3 is 2.26 bits per heavy atom. The maximum atomic E-state index is 14.0. The van der Waals surface area contributed by atoms with Crippen LogP contribution in [0.2, 0.25) is 0 Å². The molecular formula is C28H35N3O4. The first-order chi connectivity index (χ1) is 16.5. The number of carbonyl (C=O) groups excluding carboxylic acids is 1. The molecular weight excluding hydrogens is 442 g/mol. The number of para-hydroxylation sites is 1. The van der Waals surface area contributed by atoms with Gasteiger partial charge in [0.2, 0.25) is 5.91 Å². The predicted molar refractivity (Wildman–Crippen MR) is 136 cm³/mol. The first-order valence-electron chi connectivity index (χ1n) is 12.0. The van der Waals surface area contributed by atoms with Crippen LogP contribution in [0.5, 0.6) is 0 Å². The third-order valence-electron chi connectivity index (χ3n) is 6.83. The van der Waals surface area contributed by atoms with E-state index in [1.165, 1.54) is 0 Å². The SMILES string of the molecule is Cc1c(CN(CC2COC(C)(C)O2)C(=O)C(C)(C)c2ccccc2)c(=O)n(-c2ccccc2)n1C. The highest BCUT2D eigenvalue weighted by Crippen LogP contribution is 2.29. The lowest BCUT2D eigenvalue weighted by Gasteiger charge is -2.33. The highest BCUT2D eigenvalue weighted by Gasteiger charge is 2.39. The normalized spacial score (nSPS) is 17.5. The van der Waals surface area contributed by atoms with Gasteiger partial charge < -0.3 is 14.4 Å². The minimum atomic E-state index is -0.780. The van der Waals surface area contributed by atoms with E-state index in [-0.39, 0.29) is 24.1 Å². The molecule has 0 saturated carbocycles. The van der Waals surface area contributed by atoms with Gasteiger partial charge in [-0.25, -0.2) is 4.68 Å². The highest BCUT2D eigenvalue weighted by molar-refractivity contribution is 5.87. The lowest BCUT2D eigenvalue weighted by molar-refractivity contribution is -0.149. The molecule has 1 saturated heterocycles. The van der Waals surface area contributed by atoms with Gasteiger partial charge in [-0.05, 0) is 52.3 Å². The summed E-state index contributed by atoms with van der Waals surface area (Å²) in [6.45, 7) is 10.4. The van der Waals surface area contributed by atoms with E-state index in [2.05, 4.69) is 0 Å². The van der Waals surface area contributed by atoms with E-state index in [1.54, 1.807) is 9.58 Å². The first kappa shape index (κ1) is 24.9. The number of amides is 1. The number of benzene rings is 2. The second-order valence-corrected chi connectivity index (χ2v) is 10.2. The fraction of sp³-hybridized carbons (Fsp3) is 0.429. The Morgan fingerprint density at radius 1 is 1.09 bits per heavy atom. The van der Waals surface area contributed by atoms with Crippen LogP contribution in [0.25, 0.3) is 5.69 Å². The van der Waals surface area contributed by atoms with E-state index in [0.717, 1.165) is 16.9 Å². The molecule has 4 rings (SSSR count). The standard InChI is InChI=1S/C28H35N3O4/c1-20-24(25(32)31(29(20)6)22-15-11-8-12-16-22)18-30(17-23-19-34-28(4,5)35-23)26(33)27(2,3)21-13-9-7-10-14-21/h7-16,23H,17-19H2,1-6H3. The zero-order valence-electron chi connectivity index (χ0n) is 21.4. The van der Waals surface area contributed by atoms with Gasteiger partial charge in [-0.15, -0.1) is 0 Å². The number of ether oxygens (including phenoxy) is 2. The third kappa shape index (κ3) is 4.97. The van der Waals surface area contributed by atoms with E-state index in [0.29, 0.717) is 18.7 Å². The van der Waals surface area contributed by atoms with Crippen LogP contribution in [-0.2, 0) is 33.3 Å². The Hall–Kier alpha value is -3.16. The van der Waals surface area contributed by atoms with E-state index in [4.69, 9.17) is 9.47 Å². The van der Waals surface area contributed by atoms with Gasteiger partial charge in [0, 0.05) is 19.3 Å². The van der Waals surface area contributed by atoms with Crippen LogP contribution >= 0.6 is 0 Å². The van der Waals surface area contributed by atoms with Crippen molar-refractivity contribution in [1.29, 1.82) is 0 Å². The van der Waals surface area contributed by atoms with Crippen molar-refractivity contribution >= 4 is 5.91 Å². The summed E-state index contributed by atoms with van der Waals surface area (Å²) in [5.41, 5.74) is 2.20. The number of carbonyl (C=O) groups is 1. The molecule has 3 aromatic rings. The average Bonchev–Trinajstić information content (AvgIpc) is 3.29. The molecule has 1 amide bonds. The lowest BCUT2D eigenvalue weighted by atomic mass is 9.83. The molecule has 0 spiro atoms. The van der Waals surface area contributed by atoms with E-state index < -0.39 is 11.2 Å². The van der Waals surface area contributed by atoms with Crippen molar-refractivity contribution in [2.45, 2.75) is 58.5 Å². The summed E-state index contributed by atoms with van der Waals surface area (Å²) >= 11 is 0. The van der Waals surface area contributed by atoms with Gasteiger partial charge in [0.25, 0.3) is 5.56 Å². The molecule has 35 heavy (non-hydrogen) atoms. The van der Waals surface area contributed by atoms with Crippen molar-refractivity contribution in [2.24, 2.45) is 7.05 Å². The maximum absolute atomic E-state index is 14.0. The van der Waals surface area contributed by atoms with Gasteiger partial charge in [0.15, 0.2) is 5.79 Å². The Morgan fingerprint density at radius 2 is 1.69 bits per heavy atom. The summed E-state index contributed by atoms with van der Waals surface area (Å²) in [5.74, 6) is -0.761. The quantitative estimate of drug-likeness (QED) is 0.517. The number of rotatable bonds is 7. The monoisotopic (exact) mass is 477 g/mol. The van der Waals surface area contributed by atoms with E-state index >= 15 is 0 Å². The molecule has 7 heteroatoms. The maximum Gasteiger partial charge on any atom is 0.276 e. The smallest absolute Gasteiger partial charge is 0.276 e. The minimum Gasteiger partial charge on any atom is -0.348 e. The van der Waals surface area contributed by atoms with Gasteiger partial charge in [-0.3, -0.25) is 14.3 Å². The number of nitrogens with zero attached hydrogens (tertiary/aromatic N) is 3. The predicted octanol–water partition coefficient (Wildman–Crippen LogP) is 3.94. The Bertz CT molecular complexity index is 1240. The van der Waals surface area contributed by atoms with Crippen LogP contribution in [0, 0.1) is 6.92 Å². The summed E-state index contributed by atoms with van der Waals surface area (Å²) < 4.78 is 15.3. The number of hydrogen-bond acceptors (Lipinski definition) is 4. The molecule has 1 aliphatic rings. The molecule has 1 unspecified atom stereocenters. The highest BCUT2D eigenvalue weighted by atomic mass is 16.7. The Labute approximate surface area is 206 Å². The molecule has 1 atom stereocenters. The molecule has 0 radical (unpaired) electrons. The van der Waals surface area contributed by atoms with Gasteiger partial charge in [0.1, 0.15) is 6.10 Å². The van der Waals surface area contributed by atoms with Crippen LogP contribution in [0.3, 0.4) is 0 Å². The summed E-state index contributed by atoms with van der Waals surface area (Å²) in [6, 6.07) is 19.3. The van der Waals surface area contributed by atoms with E-state index in [1.807, 2.05) is 107 Å². The van der Waals surface area contributed by atoms with Crippen LogP contribution < -0.4 is 5.56 Å². The van der Waals surface area contributed by atoms with Crippen LogP contribution in [0.15, 0.2) is 65.5 Å². The van der Waals surface area contributed by atoms with E-state index in [9.17, 15) is 9.59 Å². The molecule has 1 fully saturated rings. The largest absolute Gasteiger partial charge is 0.348 e. The summed E-state index contributed by atoms with van der Waals surface area (Å²) in [4.78, 5) is 29.3. The topological polar surface area (TPSA) is 65.7 Å². The summed E-state index contributed by atoms with van der Waals surface area (Å²) in [6.07, 6.45) is -0.277. The van der Waals surface area contributed by atoms with Gasteiger partial charge >= 0.3 is 0 Å². The summed E-state index contributed by atoms with van der Waals surface area (Å²) in [7, 11) is 1.86. The van der Waals surface area contributed by atoms with Crippen molar-refractivity contribution in [1.82, 2.24) is 14.3 Å². The van der Waals surface area contributed by atoms with Crippen molar-refractivity contribution < 1.29 is 14.3 Å². The Kier molecular flexibility index (Phi) is 6.75. The zero-order valence-corrected chi connectivity index (χ0v) is 21.4. The van der Waals surface area contributed by atoms with Crippen molar-refractivity contribution in [3.8, 4) is 5.69 Å². The van der Waals surface area contributed by atoms with Crippen LogP contribution in [0.4, 0.5) is 0 Å². The second kappa shape index (κ2) is 9.47. The number of hydrogen-bond donors (Lipinski definition) is 0. The van der Waals surface area contributed by atoms with Gasteiger partial charge in [-0.2, -0.15) is 0 Å². The molecule has 0 aliphatic carbocycles. The molecule has 186 valence electrons. The third-order valence-corrected chi connectivity index (χ3v) is 6.83. The van der Waals surface area contributed by atoms with Crippen LogP contribution in [0.1, 0.15) is 44.5 Å². The van der Waals surface area contributed by atoms with Crippen molar-refractivity contribution in [3.05, 3.63) is 87.8 Å². The fourth-order valence-corrected chi connectivity index (χ4v) is 4.69. The van der Waals surface area contributed by atoms with Crippen LogP contribution in [-0.4, -0.2) is 45.2 Å². The van der Waals surface area contributed by atoms with Gasteiger partial charge in [0.05, 0.1) is 29.8 Å². The molecule has 1 aromatic heterocycles. The zero-order chi connectivity index (χ0) is 25.4. The average molecular weight is 478 g/mol. The summed E-state index contributed by atoms with van der Waals surface area (Å²) in [5, 5.41) is 0. The molecule has 0 N–H and O–H groups in total. The van der Waals surface area contributed by atoms with Crippen molar-refractivity contribution in [2.75, 3.05) is 13.2 Å². The van der Waals surface area contributed by atoms with Gasteiger partial charge in [-0.1, -0.05) is 48.5 Å². The number of aromatic nitrogens is 2. The fourth-order valence-electron chi connectivity index (χ4n) is 4.69. The Balaban J connectivity index is 1.71.